The van der Waals surface area contributed by atoms with E-state index in [0.717, 1.165) is 16.1 Å². The number of esters is 1. The van der Waals surface area contributed by atoms with Crippen LogP contribution in [-0.4, -0.2) is 46.3 Å². The molecule has 168 valence electrons. The van der Waals surface area contributed by atoms with Crippen molar-refractivity contribution in [1.29, 1.82) is 0 Å². The molecule has 2 aromatic rings. The van der Waals surface area contributed by atoms with Gasteiger partial charge in [-0.05, 0) is 68.3 Å². The summed E-state index contributed by atoms with van der Waals surface area (Å²) >= 11 is 0. The third-order valence-electron chi connectivity index (χ3n) is 4.63. The second kappa shape index (κ2) is 10.3. The number of rotatable bonds is 9. The van der Waals surface area contributed by atoms with Gasteiger partial charge in [0.2, 0.25) is 10.0 Å². The summed E-state index contributed by atoms with van der Waals surface area (Å²) in [6.07, 6.45) is 0.801. The average Bonchev–Trinajstić information content (AvgIpc) is 2.72. The van der Waals surface area contributed by atoms with Crippen molar-refractivity contribution in [2.45, 2.75) is 33.3 Å². The Kier molecular flexibility index (Phi) is 8.04. The van der Waals surface area contributed by atoms with Crippen LogP contribution in [0.2, 0.25) is 0 Å². The molecule has 0 fully saturated rings. The second-order valence-corrected chi connectivity index (χ2v) is 8.99. The first-order valence-corrected chi connectivity index (χ1v) is 11.7. The van der Waals surface area contributed by atoms with Crippen LogP contribution in [0.5, 0.6) is 5.75 Å². The number of carbonyl (C=O) groups excluding carboxylic acids is 2. The van der Waals surface area contributed by atoms with Crippen LogP contribution in [0.1, 0.15) is 36.2 Å². The van der Waals surface area contributed by atoms with E-state index in [2.05, 4.69) is 5.32 Å². The lowest BCUT2D eigenvalue weighted by Crippen LogP contribution is -2.32. The van der Waals surface area contributed by atoms with Crippen LogP contribution in [-0.2, 0) is 19.6 Å². The smallest absolute Gasteiger partial charge is 0.338 e. The molecule has 2 aromatic carbocycles. The molecule has 31 heavy (non-hydrogen) atoms. The number of anilines is 2. The first-order chi connectivity index (χ1) is 14.6. The van der Waals surface area contributed by atoms with E-state index in [9.17, 15) is 18.0 Å². The van der Waals surface area contributed by atoms with Crippen LogP contribution in [0.15, 0.2) is 42.5 Å². The number of hydrogen-bond donors (Lipinski definition) is 1. The normalized spacial score (nSPS) is 12.0. The number of nitrogens with zero attached hydrogens (tertiary/aromatic N) is 1. The monoisotopic (exact) mass is 448 g/mol. The molecule has 0 saturated carbocycles. The lowest BCUT2D eigenvalue weighted by Gasteiger charge is -2.20. The Bertz CT molecular complexity index is 1030. The van der Waals surface area contributed by atoms with Gasteiger partial charge in [-0.15, -0.1) is 0 Å². The summed E-state index contributed by atoms with van der Waals surface area (Å²) in [6.45, 7) is 5.64. The molecule has 1 amide bonds. The maximum absolute atomic E-state index is 12.7. The van der Waals surface area contributed by atoms with E-state index in [0.29, 0.717) is 29.1 Å². The Morgan fingerprint density at radius 2 is 1.74 bits per heavy atom. The number of carbonyl (C=O) groups is 2. The minimum absolute atomic E-state index is 0.289. The number of sulfonamides is 1. The number of benzene rings is 2. The van der Waals surface area contributed by atoms with Crippen LogP contribution < -0.4 is 14.4 Å². The van der Waals surface area contributed by atoms with Gasteiger partial charge in [-0.2, -0.15) is 0 Å². The number of amides is 1. The number of nitrogens with one attached hydrogen (secondary N) is 1. The lowest BCUT2D eigenvalue weighted by molar-refractivity contribution is -0.122. The fraction of sp³-hybridized carbons (Fsp3) is 0.364. The Morgan fingerprint density at radius 3 is 2.26 bits per heavy atom. The zero-order valence-electron chi connectivity index (χ0n) is 18.3. The highest BCUT2D eigenvalue weighted by molar-refractivity contribution is 7.92. The van der Waals surface area contributed by atoms with Crippen molar-refractivity contribution in [2.75, 3.05) is 29.5 Å². The molecule has 8 nitrogen and oxygen atoms in total. The quantitative estimate of drug-likeness (QED) is 0.590. The van der Waals surface area contributed by atoms with Crippen molar-refractivity contribution < 1.29 is 27.5 Å². The molecule has 2 rings (SSSR count). The Morgan fingerprint density at radius 1 is 1.10 bits per heavy atom. The van der Waals surface area contributed by atoms with Crippen molar-refractivity contribution in [3.05, 3.63) is 53.6 Å². The molecule has 0 aromatic heterocycles. The van der Waals surface area contributed by atoms with Gasteiger partial charge >= 0.3 is 5.97 Å². The summed E-state index contributed by atoms with van der Waals surface area (Å²) in [5.41, 5.74) is 2.21. The largest absolute Gasteiger partial charge is 0.481 e. The molecule has 0 saturated heterocycles. The lowest BCUT2D eigenvalue weighted by atomic mass is 10.1. The maximum atomic E-state index is 12.7. The van der Waals surface area contributed by atoms with Crippen LogP contribution in [0.25, 0.3) is 0 Å². The van der Waals surface area contributed by atoms with Gasteiger partial charge in [0.05, 0.1) is 24.1 Å². The Balaban J connectivity index is 2.08. The van der Waals surface area contributed by atoms with Crippen LogP contribution in [0.4, 0.5) is 11.4 Å². The first kappa shape index (κ1) is 24.2. The minimum atomic E-state index is -3.36. The van der Waals surface area contributed by atoms with Crippen LogP contribution >= 0.6 is 0 Å². The zero-order chi connectivity index (χ0) is 23.2. The van der Waals surface area contributed by atoms with Crippen LogP contribution in [0.3, 0.4) is 0 Å². The molecule has 0 aliphatic rings. The van der Waals surface area contributed by atoms with Gasteiger partial charge in [0.1, 0.15) is 5.75 Å². The molecule has 0 bridgehead atoms. The van der Waals surface area contributed by atoms with Crippen molar-refractivity contribution in [3.8, 4) is 5.75 Å². The van der Waals surface area contributed by atoms with Crippen LogP contribution in [0, 0.1) is 6.92 Å². The molecule has 0 aliphatic carbocycles. The van der Waals surface area contributed by atoms with E-state index in [1.54, 1.807) is 56.3 Å². The number of hydrogen-bond acceptors (Lipinski definition) is 6. The topological polar surface area (TPSA) is 102 Å². The number of aryl methyl sites for hydroxylation is 1. The van der Waals surface area contributed by atoms with Gasteiger partial charge in [-0.25, -0.2) is 13.2 Å². The highest BCUT2D eigenvalue weighted by atomic mass is 32.2. The van der Waals surface area contributed by atoms with Gasteiger partial charge in [0, 0.05) is 12.7 Å². The molecule has 1 atom stereocenters. The summed E-state index contributed by atoms with van der Waals surface area (Å²) in [4.78, 5) is 24.6. The van der Waals surface area contributed by atoms with Gasteiger partial charge < -0.3 is 14.8 Å². The summed E-state index contributed by atoms with van der Waals surface area (Å²) < 4.78 is 35.2. The fourth-order valence-electron chi connectivity index (χ4n) is 2.77. The summed E-state index contributed by atoms with van der Waals surface area (Å²) in [5, 5.41) is 2.83. The van der Waals surface area contributed by atoms with Crippen molar-refractivity contribution in [1.82, 2.24) is 0 Å². The Hall–Kier alpha value is -3.07. The Labute approximate surface area is 183 Å². The van der Waals surface area contributed by atoms with E-state index in [1.807, 2.05) is 6.92 Å². The molecule has 0 spiro atoms. The molecule has 1 N–H and O–H groups in total. The molecular formula is C22H28N2O6S. The maximum Gasteiger partial charge on any atom is 0.338 e. The first-order valence-electron chi connectivity index (χ1n) is 9.86. The number of ether oxygens (including phenoxy) is 2. The van der Waals surface area contributed by atoms with Gasteiger partial charge in [0.25, 0.3) is 5.91 Å². The molecule has 9 heteroatoms. The predicted octanol–water partition coefficient (Wildman–Crippen LogP) is 3.36. The SMILES string of the molecule is CCOC(=O)c1ccc(NC(=O)[C@@H](CC)Oc2ccc(N(C)S(C)(=O)=O)cc2)c(C)c1. The van der Waals surface area contributed by atoms with E-state index in [-0.39, 0.29) is 12.5 Å². The van der Waals surface area contributed by atoms with Gasteiger partial charge in [0.15, 0.2) is 6.10 Å². The summed E-state index contributed by atoms with van der Waals surface area (Å²) in [7, 11) is -1.90. The second-order valence-electron chi connectivity index (χ2n) is 6.98. The fourth-order valence-corrected chi connectivity index (χ4v) is 3.28. The average molecular weight is 449 g/mol. The van der Waals surface area contributed by atoms with E-state index in [1.165, 1.54) is 7.05 Å². The predicted molar refractivity (Wildman–Crippen MR) is 120 cm³/mol. The van der Waals surface area contributed by atoms with Gasteiger partial charge in [-0.1, -0.05) is 6.92 Å². The third kappa shape index (κ3) is 6.45. The van der Waals surface area contributed by atoms with Crippen molar-refractivity contribution >= 4 is 33.3 Å². The molecule has 0 unspecified atom stereocenters. The highest BCUT2D eigenvalue weighted by Crippen LogP contribution is 2.23. The van der Waals surface area contributed by atoms with E-state index in [4.69, 9.17) is 9.47 Å². The van der Waals surface area contributed by atoms with E-state index >= 15 is 0 Å². The van der Waals surface area contributed by atoms with Crippen molar-refractivity contribution in [2.24, 2.45) is 0 Å². The molecular weight excluding hydrogens is 420 g/mol. The van der Waals surface area contributed by atoms with Crippen molar-refractivity contribution in [3.63, 3.8) is 0 Å². The molecule has 0 radical (unpaired) electrons. The standard InChI is InChI=1S/C22H28N2O6S/c1-6-20(30-18-11-9-17(10-12-18)24(4)31(5,27)28)21(25)23-19-13-8-16(14-15(19)3)22(26)29-7-2/h8-14,20H,6-7H2,1-5H3,(H,23,25)/t20-/m1/s1. The summed E-state index contributed by atoms with van der Waals surface area (Å²) in [6, 6.07) is 11.4. The highest BCUT2D eigenvalue weighted by Gasteiger charge is 2.20. The molecule has 0 aliphatic heterocycles. The molecule has 0 heterocycles. The minimum Gasteiger partial charge on any atom is -0.481 e. The summed E-state index contributed by atoms with van der Waals surface area (Å²) in [5.74, 6) is -0.294. The van der Waals surface area contributed by atoms with E-state index < -0.39 is 22.1 Å². The zero-order valence-corrected chi connectivity index (χ0v) is 19.2. The van der Waals surface area contributed by atoms with Gasteiger partial charge in [-0.3, -0.25) is 9.10 Å². The third-order valence-corrected chi connectivity index (χ3v) is 5.84.